The van der Waals surface area contributed by atoms with Gasteiger partial charge in [0.15, 0.2) is 0 Å². The van der Waals surface area contributed by atoms with Gasteiger partial charge >= 0.3 is 0 Å². The van der Waals surface area contributed by atoms with Gasteiger partial charge in [-0.2, -0.15) is 0 Å². The predicted octanol–water partition coefficient (Wildman–Crippen LogP) is 2.13. The van der Waals surface area contributed by atoms with Gasteiger partial charge in [0.2, 0.25) is 5.91 Å². The molecular weight excluding hydrogens is 264 g/mol. The maximum absolute atomic E-state index is 11.1. The van der Waals surface area contributed by atoms with Crippen LogP contribution in [0.1, 0.15) is 21.5 Å². The van der Waals surface area contributed by atoms with Gasteiger partial charge in [-0.25, -0.2) is 0 Å². The van der Waals surface area contributed by atoms with Crippen molar-refractivity contribution in [1.82, 2.24) is 5.32 Å². The maximum Gasteiger partial charge on any atom is 0.248 e. The molecule has 0 saturated carbocycles. The van der Waals surface area contributed by atoms with E-state index in [4.69, 9.17) is 10.5 Å². The van der Waals surface area contributed by atoms with Gasteiger partial charge < -0.3 is 15.8 Å². The molecule has 21 heavy (non-hydrogen) atoms. The van der Waals surface area contributed by atoms with Crippen LogP contribution >= 0.6 is 0 Å². The van der Waals surface area contributed by atoms with Gasteiger partial charge in [-0.1, -0.05) is 24.3 Å². The molecule has 4 nitrogen and oxygen atoms in total. The van der Waals surface area contributed by atoms with Crippen LogP contribution in [-0.2, 0) is 13.0 Å². The van der Waals surface area contributed by atoms with Crippen LogP contribution in [0, 0.1) is 0 Å². The first-order valence-electron chi connectivity index (χ1n) is 6.91. The lowest BCUT2D eigenvalue weighted by Crippen LogP contribution is -2.17. The van der Waals surface area contributed by atoms with Crippen molar-refractivity contribution in [2.24, 2.45) is 5.73 Å². The molecule has 2 aromatic carbocycles. The highest BCUT2D eigenvalue weighted by Crippen LogP contribution is 2.11. The normalized spacial score (nSPS) is 10.3. The number of nitrogens with one attached hydrogen (secondary N) is 1. The summed E-state index contributed by atoms with van der Waals surface area (Å²) in [6.45, 7) is 1.59. The van der Waals surface area contributed by atoms with Crippen molar-refractivity contribution in [2.45, 2.75) is 13.0 Å². The van der Waals surface area contributed by atoms with Gasteiger partial charge in [0, 0.05) is 12.1 Å². The summed E-state index contributed by atoms with van der Waals surface area (Å²) in [5.74, 6) is 0.477. The fraction of sp³-hybridized carbons (Fsp3) is 0.235. The number of methoxy groups -OCH3 is 1. The number of carbonyl (C=O) groups excluding carboxylic acids is 1. The topological polar surface area (TPSA) is 64.3 Å². The van der Waals surface area contributed by atoms with Crippen LogP contribution < -0.4 is 15.8 Å². The monoisotopic (exact) mass is 284 g/mol. The Morgan fingerprint density at radius 3 is 2.57 bits per heavy atom. The zero-order chi connectivity index (χ0) is 15.1. The fourth-order valence-electron chi connectivity index (χ4n) is 2.09. The molecule has 0 atom stereocenters. The van der Waals surface area contributed by atoms with Crippen LogP contribution in [-0.4, -0.2) is 19.6 Å². The summed E-state index contributed by atoms with van der Waals surface area (Å²) in [6, 6.07) is 15.4. The second kappa shape index (κ2) is 7.45. The zero-order valence-corrected chi connectivity index (χ0v) is 12.1. The van der Waals surface area contributed by atoms with Crippen LogP contribution in [0.5, 0.6) is 5.75 Å². The van der Waals surface area contributed by atoms with Gasteiger partial charge in [0.25, 0.3) is 0 Å². The highest BCUT2D eigenvalue weighted by Gasteiger charge is 2.01. The summed E-state index contributed by atoms with van der Waals surface area (Å²) >= 11 is 0. The molecule has 2 rings (SSSR count). The number of amides is 1. The molecule has 0 aliphatic rings. The Kier molecular flexibility index (Phi) is 5.35. The molecule has 110 valence electrons. The summed E-state index contributed by atoms with van der Waals surface area (Å²) in [5.41, 5.74) is 8.13. The van der Waals surface area contributed by atoms with Gasteiger partial charge in [0.1, 0.15) is 5.75 Å². The predicted molar refractivity (Wildman–Crippen MR) is 83.4 cm³/mol. The summed E-state index contributed by atoms with van der Waals surface area (Å²) in [7, 11) is 1.66. The average molecular weight is 284 g/mol. The number of ether oxygens (including phenoxy) is 1. The number of benzene rings is 2. The van der Waals surface area contributed by atoms with Crippen molar-refractivity contribution in [3.05, 3.63) is 65.2 Å². The number of carbonyl (C=O) groups is 1. The van der Waals surface area contributed by atoms with E-state index in [0.29, 0.717) is 5.56 Å². The summed E-state index contributed by atoms with van der Waals surface area (Å²) in [4.78, 5) is 11.1. The van der Waals surface area contributed by atoms with Crippen LogP contribution in [0.15, 0.2) is 48.5 Å². The molecule has 1 amide bonds. The van der Waals surface area contributed by atoms with Crippen molar-refractivity contribution < 1.29 is 9.53 Å². The van der Waals surface area contributed by atoms with Crippen LogP contribution in [0.25, 0.3) is 0 Å². The number of rotatable bonds is 7. The second-order valence-corrected chi connectivity index (χ2v) is 4.84. The third-order valence-corrected chi connectivity index (χ3v) is 3.29. The van der Waals surface area contributed by atoms with Crippen molar-refractivity contribution in [3.8, 4) is 5.75 Å². The highest BCUT2D eigenvalue weighted by atomic mass is 16.5. The molecule has 0 heterocycles. The number of hydrogen-bond acceptors (Lipinski definition) is 3. The van der Waals surface area contributed by atoms with E-state index < -0.39 is 5.91 Å². The molecule has 0 unspecified atom stereocenters. The smallest absolute Gasteiger partial charge is 0.248 e. The Bertz CT molecular complexity index is 594. The highest BCUT2D eigenvalue weighted by molar-refractivity contribution is 5.92. The summed E-state index contributed by atoms with van der Waals surface area (Å²) in [5, 5.41) is 3.36. The van der Waals surface area contributed by atoms with Crippen molar-refractivity contribution in [2.75, 3.05) is 13.7 Å². The van der Waals surface area contributed by atoms with E-state index >= 15 is 0 Å². The fourth-order valence-corrected chi connectivity index (χ4v) is 2.09. The molecule has 0 bridgehead atoms. The van der Waals surface area contributed by atoms with E-state index in [1.807, 2.05) is 30.3 Å². The van der Waals surface area contributed by atoms with Crippen LogP contribution in [0.4, 0.5) is 0 Å². The Labute approximate surface area is 124 Å². The van der Waals surface area contributed by atoms with E-state index in [2.05, 4.69) is 17.4 Å². The Hall–Kier alpha value is -2.33. The third kappa shape index (κ3) is 4.61. The summed E-state index contributed by atoms with van der Waals surface area (Å²) < 4.78 is 5.13. The zero-order valence-electron chi connectivity index (χ0n) is 12.1. The Morgan fingerprint density at radius 1 is 1.14 bits per heavy atom. The van der Waals surface area contributed by atoms with Gasteiger partial charge in [-0.15, -0.1) is 0 Å². The number of primary amides is 1. The molecule has 0 spiro atoms. The first-order chi connectivity index (χ1) is 10.2. The lowest BCUT2D eigenvalue weighted by molar-refractivity contribution is 0.1000. The van der Waals surface area contributed by atoms with Crippen molar-refractivity contribution in [1.29, 1.82) is 0 Å². The lowest BCUT2D eigenvalue weighted by Gasteiger charge is -2.07. The number of hydrogen-bond donors (Lipinski definition) is 2. The second-order valence-electron chi connectivity index (χ2n) is 4.84. The van der Waals surface area contributed by atoms with Gasteiger partial charge in [-0.05, 0) is 48.4 Å². The van der Waals surface area contributed by atoms with E-state index in [1.165, 1.54) is 5.56 Å². The maximum atomic E-state index is 11.1. The number of nitrogens with two attached hydrogens (primary N) is 1. The van der Waals surface area contributed by atoms with Crippen LogP contribution in [0.3, 0.4) is 0 Å². The molecule has 0 saturated heterocycles. The summed E-state index contributed by atoms with van der Waals surface area (Å²) in [6.07, 6.45) is 0.944. The van der Waals surface area contributed by atoms with Crippen molar-refractivity contribution in [3.63, 3.8) is 0 Å². The molecule has 0 aromatic heterocycles. The molecule has 0 fully saturated rings. The minimum atomic E-state index is -0.393. The standard InChI is InChI=1S/C17H20N2O2/c1-21-16-7-5-13(6-8-16)9-10-19-12-14-3-2-4-15(11-14)17(18)20/h2-8,11,19H,9-10,12H2,1H3,(H2,18,20). The first-order valence-corrected chi connectivity index (χ1v) is 6.91. The molecule has 0 radical (unpaired) electrons. The van der Waals surface area contributed by atoms with E-state index in [9.17, 15) is 4.79 Å². The van der Waals surface area contributed by atoms with Crippen LogP contribution in [0.2, 0.25) is 0 Å². The minimum Gasteiger partial charge on any atom is -0.497 e. The molecule has 2 aromatic rings. The lowest BCUT2D eigenvalue weighted by atomic mass is 10.1. The average Bonchev–Trinajstić information content (AvgIpc) is 2.52. The largest absolute Gasteiger partial charge is 0.497 e. The molecule has 0 aliphatic heterocycles. The Morgan fingerprint density at radius 2 is 1.90 bits per heavy atom. The van der Waals surface area contributed by atoms with E-state index in [1.54, 1.807) is 13.2 Å². The minimum absolute atomic E-state index is 0.393. The third-order valence-electron chi connectivity index (χ3n) is 3.29. The SMILES string of the molecule is COc1ccc(CCNCc2cccc(C(N)=O)c2)cc1. The quantitative estimate of drug-likeness (QED) is 0.766. The molecule has 3 N–H and O–H groups in total. The Balaban J connectivity index is 1.78. The molecule has 0 aliphatic carbocycles. The van der Waals surface area contributed by atoms with E-state index in [-0.39, 0.29) is 0 Å². The molecule has 4 heteroatoms. The van der Waals surface area contributed by atoms with Gasteiger partial charge in [-0.3, -0.25) is 4.79 Å². The van der Waals surface area contributed by atoms with Gasteiger partial charge in [0.05, 0.1) is 7.11 Å². The molecular formula is C17H20N2O2. The van der Waals surface area contributed by atoms with Crippen molar-refractivity contribution >= 4 is 5.91 Å². The first kappa shape index (κ1) is 15.1. The van der Waals surface area contributed by atoms with E-state index in [0.717, 1.165) is 30.8 Å².